The van der Waals surface area contributed by atoms with E-state index in [0.717, 1.165) is 0 Å². The van der Waals surface area contributed by atoms with E-state index in [0.29, 0.717) is 24.7 Å². The number of hydrogen-bond donors (Lipinski definition) is 2. The zero-order chi connectivity index (χ0) is 12.7. The van der Waals surface area contributed by atoms with Crippen LogP contribution in [0.1, 0.15) is 26.0 Å². The first-order valence-electron chi connectivity index (χ1n) is 5.22. The number of amides is 1. The molecule has 0 aliphatic rings. The third-order valence-corrected chi connectivity index (χ3v) is 1.77. The summed E-state index contributed by atoms with van der Waals surface area (Å²) in [6.07, 6.45) is 0.944. The van der Waals surface area contributed by atoms with Crippen LogP contribution in [0.4, 0.5) is 10.5 Å². The van der Waals surface area contributed by atoms with Crippen LogP contribution >= 0.6 is 0 Å². The number of anilines is 1. The zero-order valence-corrected chi connectivity index (χ0v) is 9.71. The summed E-state index contributed by atoms with van der Waals surface area (Å²) in [7, 11) is 0. The Morgan fingerprint density at radius 1 is 1.35 bits per heavy atom. The molecule has 0 aliphatic carbocycles. The Balaban J connectivity index is 2.72. The second kappa shape index (κ2) is 6.77. The van der Waals surface area contributed by atoms with Crippen molar-refractivity contribution in [2.24, 2.45) is 0 Å². The van der Waals surface area contributed by atoms with Gasteiger partial charge in [-0.2, -0.15) is 0 Å². The summed E-state index contributed by atoms with van der Waals surface area (Å²) in [5.74, 6) is 0.365. The molecular formula is C10H15N3O4. The van der Waals surface area contributed by atoms with Gasteiger partial charge >= 0.3 is 6.09 Å². The fraction of sp³-hybridized carbons (Fsp3) is 0.500. The van der Waals surface area contributed by atoms with E-state index in [2.05, 4.69) is 15.3 Å². The molecule has 94 valence electrons. The molecule has 1 heterocycles. The minimum Gasteiger partial charge on any atom is -0.465 e. The summed E-state index contributed by atoms with van der Waals surface area (Å²) in [6.45, 7) is 4.63. The van der Waals surface area contributed by atoms with Crippen molar-refractivity contribution in [3.63, 3.8) is 0 Å². The monoisotopic (exact) mass is 241 g/mol. The number of carbonyl (C=O) groups is 1. The highest BCUT2D eigenvalue weighted by Gasteiger charge is 2.14. The van der Waals surface area contributed by atoms with Crippen LogP contribution in [-0.2, 0) is 9.47 Å². The van der Waals surface area contributed by atoms with Gasteiger partial charge in [-0.05, 0) is 13.8 Å². The van der Waals surface area contributed by atoms with Gasteiger partial charge in [0, 0.05) is 13.2 Å². The predicted octanol–water partition coefficient (Wildman–Crippen LogP) is 1.64. The summed E-state index contributed by atoms with van der Waals surface area (Å²) < 4.78 is 10.6. The third-order valence-electron chi connectivity index (χ3n) is 1.77. The maximum Gasteiger partial charge on any atom is 0.409 e. The van der Waals surface area contributed by atoms with Crippen molar-refractivity contribution < 1.29 is 19.4 Å². The molecule has 0 aromatic carbocycles. The van der Waals surface area contributed by atoms with Crippen LogP contribution in [0.3, 0.4) is 0 Å². The Morgan fingerprint density at radius 3 is 2.29 bits per heavy atom. The molecule has 0 radical (unpaired) electrons. The smallest absolute Gasteiger partial charge is 0.409 e. The summed E-state index contributed by atoms with van der Waals surface area (Å²) >= 11 is 0. The number of nitrogens with zero attached hydrogens (tertiary/aromatic N) is 2. The lowest BCUT2D eigenvalue weighted by Gasteiger charge is -2.15. The molecule has 0 saturated carbocycles. The van der Waals surface area contributed by atoms with Crippen LogP contribution in [0, 0.1) is 0 Å². The van der Waals surface area contributed by atoms with Crippen molar-refractivity contribution in [2.45, 2.75) is 20.1 Å². The first kappa shape index (κ1) is 13.3. The Kier molecular flexibility index (Phi) is 5.31. The van der Waals surface area contributed by atoms with Gasteiger partial charge in [0.05, 0.1) is 18.1 Å². The molecule has 0 unspecified atom stereocenters. The van der Waals surface area contributed by atoms with Gasteiger partial charge in [0.1, 0.15) is 0 Å². The lowest BCUT2D eigenvalue weighted by Crippen LogP contribution is -2.13. The number of aromatic nitrogens is 2. The van der Waals surface area contributed by atoms with Crippen LogP contribution in [0.15, 0.2) is 12.4 Å². The lowest BCUT2D eigenvalue weighted by molar-refractivity contribution is -0.145. The Labute approximate surface area is 98.8 Å². The Hall–Kier alpha value is -1.73. The minimum absolute atomic E-state index is 0.299. The number of nitrogens with one attached hydrogen (secondary N) is 1. The number of rotatable bonds is 6. The van der Waals surface area contributed by atoms with Gasteiger partial charge in [0.15, 0.2) is 5.82 Å². The second-order valence-electron chi connectivity index (χ2n) is 3.00. The first-order chi connectivity index (χ1) is 8.17. The van der Waals surface area contributed by atoms with Crippen LogP contribution in [0.5, 0.6) is 0 Å². The molecular weight excluding hydrogens is 226 g/mol. The maximum absolute atomic E-state index is 10.4. The summed E-state index contributed by atoms with van der Waals surface area (Å²) in [5.41, 5.74) is 0.299. The van der Waals surface area contributed by atoms with Crippen molar-refractivity contribution in [1.82, 2.24) is 9.97 Å². The van der Waals surface area contributed by atoms with E-state index in [-0.39, 0.29) is 0 Å². The molecule has 1 aromatic heterocycles. The SMILES string of the molecule is CCOC(OCC)c1ncc(NC(=O)O)cn1. The van der Waals surface area contributed by atoms with E-state index < -0.39 is 12.4 Å². The molecule has 7 nitrogen and oxygen atoms in total. The van der Waals surface area contributed by atoms with Crippen molar-refractivity contribution in [3.8, 4) is 0 Å². The average molecular weight is 241 g/mol. The molecule has 1 rings (SSSR count). The molecule has 17 heavy (non-hydrogen) atoms. The van der Waals surface area contributed by atoms with Crippen LogP contribution in [-0.4, -0.2) is 34.4 Å². The van der Waals surface area contributed by atoms with E-state index >= 15 is 0 Å². The zero-order valence-electron chi connectivity index (χ0n) is 9.71. The van der Waals surface area contributed by atoms with Gasteiger partial charge in [-0.3, -0.25) is 5.32 Å². The van der Waals surface area contributed by atoms with Gasteiger partial charge in [-0.25, -0.2) is 14.8 Å². The maximum atomic E-state index is 10.4. The van der Waals surface area contributed by atoms with E-state index in [1.807, 2.05) is 13.8 Å². The topological polar surface area (TPSA) is 93.6 Å². The van der Waals surface area contributed by atoms with Gasteiger partial charge < -0.3 is 14.6 Å². The molecule has 0 saturated heterocycles. The van der Waals surface area contributed by atoms with E-state index in [9.17, 15) is 4.79 Å². The van der Waals surface area contributed by atoms with E-state index in [1.165, 1.54) is 12.4 Å². The molecule has 0 bridgehead atoms. The quantitative estimate of drug-likeness (QED) is 0.735. The van der Waals surface area contributed by atoms with Crippen LogP contribution < -0.4 is 5.32 Å². The molecule has 7 heteroatoms. The highest BCUT2D eigenvalue weighted by Crippen LogP contribution is 2.15. The third kappa shape index (κ3) is 4.33. The van der Waals surface area contributed by atoms with Gasteiger partial charge in [0.25, 0.3) is 0 Å². The standard InChI is InChI=1S/C10H15N3O4/c1-3-16-9(17-4-2)8-11-5-7(6-12-8)13-10(14)15/h5-6,9,13H,3-4H2,1-2H3,(H,14,15). The molecule has 0 aliphatic heterocycles. The average Bonchev–Trinajstić information content (AvgIpc) is 2.29. The van der Waals surface area contributed by atoms with Crippen LogP contribution in [0.2, 0.25) is 0 Å². The van der Waals surface area contributed by atoms with Crippen molar-refractivity contribution in [1.29, 1.82) is 0 Å². The molecule has 0 atom stereocenters. The minimum atomic E-state index is -1.16. The molecule has 2 N–H and O–H groups in total. The Bertz CT molecular complexity index is 349. The highest BCUT2D eigenvalue weighted by atomic mass is 16.7. The number of hydrogen-bond acceptors (Lipinski definition) is 5. The summed E-state index contributed by atoms with van der Waals surface area (Å²) in [4.78, 5) is 18.3. The number of ether oxygens (including phenoxy) is 2. The van der Waals surface area contributed by atoms with Crippen molar-refractivity contribution in [3.05, 3.63) is 18.2 Å². The van der Waals surface area contributed by atoms with Crippen molar-refractivity contribution in [2.75, 3.05) is 18.5 Å². The summed E-state index contributed by atoms with van der Waals surface area (Å²) in [5, 5.41) is 10.6. The first-order valence-corrected chi connectivity index (χ1v) is 5.22. The highest BCUT2D eigenvalue weighted by molar-refractivity contribution is 5.82. The van der Waals surface area contributed by atoms with E-state index in [4.69, 9.17) is 14.6 Å². The van der Waals surface area contributed by atoms with Gasteiger partial charge in [-0.15, -0.1) is 0 Å². The van der Waals surface area contributed by atoms with Crippen molar-refractivity contribution >= 4 is 11.8 Å². The summed E-state index contributed by atoms with van der Waals surface area (Å²) in [6, 6.07) is 0. The number of carboxylic acid groups (broad SMARTS) is 1. The largest absolute Gasteiger partial charge is 0.465 e. The second-order valence-corrected chi connectivity index (χ2v) is 3.00. The van der Waals surface area contributed by atoms with Gasteiger partial charge in [-0.1, -0.05) is 0 Å². The molecule has 0 fully saturated rings. The molecule has 1 amide bonds. The van der Waals surface area contributed by atoms with Gasteiger partial charge in [0.2, 0.25) is 6.29 Å². The Morgan fingerprint density at radius 2 is 1.88 bits per heavy atom. The lowest BCUT2D eigenvalue weighted by atomic mass is 10.5. The fourth-order valence-electron chi connectivity index (χ4n) is 1.15. The van der Waals surface area contributed by atoms with Crippen LogP contribution in [0.25, 0.3) is 0 Å². The normalized spacial score (nSPS) is 10.5. The van der Waals surface area contributed by atoms with E-state index in [1.54, 1.807) is 0 Å². The molecule has 1 aromatic rings. The predicted molar refractivity (Wildman–Crippen MR) is 59.7 cm³/mol. The fourth-order valence-corrected chi connectivity index (χ4v) is 1.15. The molecule has 0 spiro atoms.